The fraction of sp³-hybridized carbons (Fsp3) is 0.412. The molecule has 1 aliphatic heterocycles. The highest BCUT2D eigenvalue weighted by Crippen LogP contribution is 2.21. The average Bonchev–Trinajstić information content (AvgIpc) is 2.81. The van der Waals surface area contributed by atoms with Gasteiger partial charge >= 0.3 is 11.8 Å². The number of ether oxygens (including phenoxy) is 1. The van der Waals surface area contributed by atoms with Crippen molar-refractivity contribution in [1.82, 2.24) is 14.5 Å². The van der Waals surface area contributed by atoms with Crippen molar-refractivity contribution in [3.63, 3.8) is 0 Å². The first-order valence-corrected chi connectivity index (χ1v) is 7.72. The number of nitrogens with one attached hydrogen (secondary N) is 1. The predicted molar refractivity (Wildman–Crippen MR) is 89.3 cm³/mol. The van der Waals surface area contributed by atoms with Gasteiger partial charge in [0.2, 0.25) is 0 Å². The molecule has 3 rings (SSSR count). The van der Waals surface area contributed by atoms with E-state index >= 15 is 0 Å². The number of hydrogen-bond acceptors (Lipinski definition) is 3. The van der Waals surface area contributed by atoms with Crippen LogP contribution in [0.1, 0.15) is 27.2 Å². The molecule has 1 aromatic heterocycles. The van der Waals surface area contributed by atoms with Crippen LogP contribution < -0.4 is 5.69 Å². The highest BCUT2D eigenvalue weighted by Gasteiger charge is 2.24. The molecule has 2 aromatic rings. The Morgan fingerprint density at radius 2 is 2.00 bits per heavy atom. The van der Waals surface area contributed by atoms with Crippen LogP contribution in [0.25, 0.3) is 16.7 Å². The molecule has 122 valence electrons. The number of rotatable bonds is 1. The van der Waals surface area contributed by atoms with Crippen LogP contribution in [-0.2, 0) is 4.74 Å². The number of para-hydroxylation sites is 2. The van der Waals surface area contributed by atoms with E-state index in [-0.39, 0.29) is 11.8 Å². The lowest BCUT2D eigenvalue weighted by atomic mass is 10.2. The molecule has 1 N–H and O–H groups in total. The zero-order chi connectivity index (χ0) is 16.6. The van der Waals surface area contributed by atoms with Crippen LogP contribution in [0.2, 0.25) is 0 Å². The quantitative estimate of drug-likeness (QED) is 0.880. The predicted octanol–water partition coefficient (Wildman–Crippen LogP) is 2.81. The summed E-state index contributed by atoms with van der Waals surface area (Å²) >= 11 is 0. The summed E-state index contributed by atoms with van der Waals surface area (Å²) in [6.07, 6.45) is 2.20. The van der Waals surface area contributed by atoms with Gasteiger partial charge in [0, 0.05) is 25.2 Å². The van der Waals surface area contributed by atoms with Crippen molar-refractivity contribution < 1.29 is 9.53 Å². The molecule has 23 heavy (non-hydrogen) atoms. The first kappa shape index (κ1) is 15.4. The normalized spacial score (nSPS) is 15.6. The summed E-state index contributed by atoms with van der Waals surface area (Å²) in [5, 5.41) is 0. The van der Waals surface area contributed by atoms with Crippen molar-refractivity contribution in [3.8, 4) is 0 Å². The second-order valence-electron chi connectivity index (χ2n) is 6.65. The number of carbonyl (C=O) groups is 1. The molecule has 2 heterocycles. The van der Waals surface area contributed by atoms with Gasteiger partial charge in [-0.1, -0.05) is 12.1 Å². The van der Waals surface area contributed by atoms with Crippen LogP contribution in [0.15, 0.2) is 35.1 Å². The van der Waals surface area contributed by atoms with E-state index < -0.39 is 5.60 Å². The highest BCUT2D eigenvalue weighted by atomic mass is 16.6. The SMILES string of the molecule is CC(C)(C)OC(=O)N1CC=C(n2c(=O)[nH]c3ccccc32)CC1. The molecule has 1 aromatic carbocycles. The van der Waals surface area contributed by atoms with Crippen molar-refractivity contribution in [1.29, 1.82) is 0 Å². The monoisotopic (exact) mass is 315 g/mol. The summed E-state index contributed by atoms with van der Waals surface area (Å²) < 4.78 is 7.06. The molecule has 0 radical (unpaired) electrons. The lowest BCUT2D eigenvalue weighted by molar-refractivity contribution is 0.0269. The van der Waals surface area contributed by atoms with Gasteiger partial charge in [-0.2, -0.15) is 0 Å². The van der Waals surface area contributed by atoms with E-state index in [1.165, 1.54) is 0 Å². The number of amides is 1. The molecule has 0 bridgehead atoms. The summed E-state index contributed by atoms with van der Waals surface area (Å²) in [7, 11) is 0. The Kier molecular flexibility index (Phi) is 3.75. The summed E-state index contributed by atoms with van der Waals surface area (Å²) in [6.45, 7) is 6.52. The zero-order valence-electron chi connectivity index (χ0n) is 13.6. The van der Waals surface area contributed by atoms with E-state index in [0.717, 1.165) is 16.7 Å². The molecule has 0 atom stereocenters. The summed E-state index contributed by atoms with van der Waals surface area (Å²) in [4.78, 5) is 28.8. The molecule has 0 aliphatic carbocycles. The third kappa shape index (κ3) is 3.16. The number of nitrogens with zero attached hydrogens (tertiary/aromatic N) is 2. The smallest absolute Gasteiger partial charge is 0.410 e. The molecule has 6 heteroatoms. The van der Waals surface area contributed by atoms with Crippen molar-refractivity contribution in [3.05, 3.63) is 40.8 Å². The van der Waals surface area contributed by atoms with Gasteiger partial charge in [0.25, 0.3) is 0 Å². The lowest BCUT2D eigenvalue weighted by Crippen LogP contribution is -2.39. The number of aromatic amines is 1. The van der Waals surface area contributed by atoms with E-state index in [9.17, 15) is 9.59 Å². The van der Waals surface area contributed by atoms with Crippen LogP contribution >= 0.6 is 0 Å². The maximum absolute atomic E-state index is 12.2. The van der Waals surface area contributed by atoms with Crippen molar-refractivity contribution in [2.24, 2.45) is 0 Å². The number of carbonyl (C=O) groups excluding carboxylic acids is 1. The van der Waals surface area contributed by atoms with Crippen LogP contribution in [-0.4, -0.2) is 39.2 Å². The molecule has 0 spiro atoms. The van der Waals surface area contributed by atoms with Crippen LogP contribution in [0.5, 0.6) is 0 Å². The summed E-state index contributed by atoms with van der Waals surface area (Å²) in [6, 6.07) is 7.59. The van der Waals surface area contributed by atoms with Gasteiger partial charge in [-0.05, 0) is 39.0 Å². The number of aromatic nitrogens is 2. The van der Waals surface area contributed by atoms with E-state index in [0.29, 0.717) is 19.5 Å². The minimum atomic E-state index is -0.505. The second kappa shape index (κ2) is 5.61. The molecular weight excluding hydrogens is 294 g/mol. The zero-order valence-corrected chi connectivity index (χ0v) is 13.6. The van der Waals surface area contributed by atoms with E-state index in [1.807, 2.05) is 51.1 Å². The average molecular weight is 315 g/mol. The van der Waals surface area contributed by atoms with E-state index in [1.54, 1.807) is 9.47 Å². The Morgan fingerprint density at radius 1 is 1.26 bits per heavy atom. The Labute approximate surface area is 134 Å². The fourth-order valence-corrected chi connectivity index (χ4v) is 2.69. The number of H-pyrrole nitrogens is 1. The third-order valence-electron chi connectivity index (χ3n) is 3.71. The molecule has 6 nitrogen and oxygen atoms in total. The number of fused-ring (bicyclic) bond motifs is 1. The van der Waals surface area contributed by atoms with Gasteiger partial charge in [-0.15, -0.1) is 0 Å². The van der Waals surface area contributed by atoms with Gasteiger partial charge in [0.15, 0.2) is 0 Å². The molecule has 0 unspecified atom stereocenters. The Hall–Kier alpha value is -2.50. The molecule has 0 saturated carbocycles. The second-order valence-corrected chi connectivity index (χ2v) is 6.65. The minimum Gasteiger partial charge on any atom is -0.444 e. The number of imidazole rings is 1. The molecule has 0 fully saturated rings. The molecule has 0 saturated heterocycles. The summed E-state index contributed by atoms with van der Waals surface area (Å²) in [5.41, 5.74) is 1.92. The number of hydrogen-bond donors (Lipinski definition) is 1. The van der Waals surface area contributed by atoms with Crippen molar-refractivity contribution >= 4 is 22.8 Å². The largest absolute Gasteiger partial charge is 0.444 e. The van der Waals surface area contributed by atoms with Gasteiger partial charge in [-0.25, -0.2) is 9.59 Å². The standard InChI is InChI=1S/C17H21N3O3/c1-17(2,3)23-16(22)19-10-8-12(9-11-19)20-14-7-5-4-6-13(14)18-15(20)21/h4-8H,9-11H2,1-3H3,(H,18,21). The summed E-state index contributed by atoms with van der Waals surface area (Å²) in [5.74, 6) is 0. The fourth-order valence-electron chi connectivity index (χ4n) is 2.69. The number of benzene rings is 1. The Bertz CT molecular complexity index is 823. The van der Waals surface area contributed by atoms with E-state index in [4.69, 9.17) is 4.74 Å². The van der Waals surface area contributed by atoms with Crippen LogP contribution in [0.4, 0.5) is 4.79 Å². The maximum Gasteiger partial charge on any atom is 0.410 e. The molecular formula is C17H21N3O3. The molecule has 1 aliphatic rings. The lowest BCUT2D eigenvalue weighted by Gasteiger charge is -2.29. The van der Waals surface area contributed by atoms with Crippen LogP contribution in [0.3, 0.4) is 0 Å². The van der Waals surface area contributed by atoms with E-state index in [2.05, 4.69) is 4.98 Å². The van der Waals surface area contributed by atoms with Gasteiger partial charge in [0.05, 0.1) is 11.0 Å². The van der Waals surface area contributed by atoms with Gasteiger partial charge in [-0.3, -0.25) is 4.57 Å². The maximum atomic E-state index is 12.2. The first-order chi connectivity index (χ1) is 10.8. The van der Waals surface area contributed by atoms with Crippen molar-refractivity contribution in [2.75, 3.05) is 13.1 Å². The molecule has 1 amide bonds. The topological polar surface area (TPSA) is 67.3 Å². The van der Waals surface area contributed by atoms with Gasteiger partial charge < -0.3 is 14.6 Å². The third-order valence-corrected chi connectivity index (χ3v) is 3.71. The van der Waals surface area contributed by atoms with Gasteiger partial charge in [0.1, 0.15) is 5.60 Å². The van der Waals surface area contributed by atoms with Crippen molar-refractivity contribution in [2.45, 2.75) is 32.8 Å². The highest BCUT2D eigenvalue weighted by molar-refractivity contribution is 5.79. The first-order valence-electron chi connectivity index (χ1n) is 7.72. The minimum absolute atomic E-state index is 0.150. The Morgan fingerprint density at radius 3 is 2.65 bits per heavy atom. The Balaban J connectivity index is 1.83. The van der Waals surface area contributed by atoms with Crippen LogP contribution in [0, 0.1) is 0 Å².